The minimum absolute atomic E-state index is 0.0642. The highest BCUT2D eigenvalue weighted by Gasteiger charge is 2.83. The van der Waals surface area contributed by atoms with E-state index in [1.54, 1.807) is 21.0 Å². The van der Waals surface area contributed by atoms with Gasteiger partial charge in [-0.25, -0.2) is 0 Å². The lowest BCUT2D eigenvalue weighted by Gasteiger charge is -2.64. The molecule has 13 atom stereocenters. The Bertz CT molecular complexity index is 1160. The molecular formula is C37H60O9. The van der Waals surface area contributed by atoms with Crippen LogP contribution in [0.3, 0.4) is 0 Å². The number of carbonyl (C=O) groups excluding carboxylic acids is 3. The van der Waals surface area contributed by atoms with Crippen molar-refractivity contribution in [2.24, 2.45) is 50.7 Å². The summed E-state index contributed by atoms with van der Waals surface area (Å²) in [6, 6.07) is 0. The summed E-state index contributed by atoms with van der Waals surface area (Å²) in [7, 11) is 1.61. The smallest absolute Gasteiger partial charge is 0.303 e. The van der Waals surface area contributed by atoms with E-state index in [9.17, 15) is 24.6 Å². The van der Waals surface area contributed by atoms with Gasteiger partial charge < -0.3 is 34.0 Å². The normalized spacial score (nSPS) is 43.5. The Morgan fingerprint density at radius 1 is 1.02 bits per heavy atom. The van der Waals surface area contributed by atoms with Gasteiger partial charge in [0.2, 0.25) is 6.29 Å². The molecule has 5 rings (SSSR count). The van der Waals surface area contributed by atoms with Gasteiger partial charge in [-0.15, -0.1) is 0 Å². The average Bonchev–Trinajstić information content (AvgIpc) is 3.60. The van der Waals surface area contributed by atoms with E-state index in [-0.39, 0.29) is 51.6 Å². The zero-order chi connectivity index (χ0) is 34.1. The summed E-state index contributed by atoms with van der Waals surface area (Å²) in [6.45, 7) is 16.1. The minimum atomic E-state index is -1.26. The molecule has 0 aliphatic heterocycles. The molecule has 9 nitrogen and oxygen atoms in total. The van der Waals surface area contributed by atoms with Crippen molar-refractivity contribution >= 4 is 18.5 Å². The zero-order valence-electron chi connectivity index (χ0n) is 29.7. The lowest BCUT2D eigenvalue weighted by Crippen LogP contribution is -2.60. The molecule has 46 heavy (non-hydrogen) atoms. The largest absolute Gasteiger partial charge is 0.457 e. The number of esters is 1. The molecule has 0 amide bonds. The number of hydrogen-bond donors (Lipinski definition) is 2. The first-order valence-corrected chi connectivity index (χ1v) is 17.7. The van der Waals surface area contributed by atoms with Gasteiger partial charge in [-0.2, -0.15) is 0 Å². The molecule has 9 heteroatoms. The van der Waals surface area contributed by atoms with Crippen molar-refractivity contribution in [3.63, 3.8) is 0 Å². The zero-order valence-corrected chi connectivity index (χ0v) is 29.7. The first-order valence-electron chi connectivity index (χ1n) is 17.7. The summed E-state index contributed by atoms with van der Waals surface area (Å²) >= 11 is 0. The predicted octanol–water partition coefficient (Wildman–Crippen LogP) is 5.27. The van der Waals surface area contributed by atoms with Crippen LogP contribution in [0, 0.1) is 50.7 Å². The highest BCUT2D eigenvalue weighted by atomic mass is 16.7. The number of ether oxygens (including phenoxy) is 4. The first kappa shape index (κ1) is 35.9. The van der Waals surface area contributed by atoms with Gasteiger partial charge >= 0.3 is 5.97 Å². The van der Waals surface area contributed by atoms with Crippen LogP contribution in [0.25, 0.3) is 0 Å². The molecule has 0 aromatic heterocycles. The third-order valence-electron chi connectivity index (χ3n) is 14.8. The quantitative estimate of drug-likeness (QED) is 0.156. The maximum atomic E-state index is 12.1. The molecule has 0 radical (unpaired) electrons. The van der Waals surface area contributed by atoms with Crippen molar-refractivity contribution in [3.05, 3.63) is 0 Å². The van der Waals surface area contributed by atoms with Crippen LogP contribution in [0.4, 0.5) is 0 Å². The number of fused-ring (bicyclic) bond motifs is 2. The fourth-order valence-electron chi connectivity index (χ4n) is 12.6. The van der Waals surface area contributed by atoms with E-state index in [0.29, 0.717) is 30.8 Å². The average molecular weight is 649 g/mol. The van der Waals surface area contributed by atoms with Crippen LogP contribution in [0.5, 0.6) is 0 Å². The van der Waals surface area contributed by atoms with E-state index in [1.807, 2.05) is 0 Å². The molecule has 0 aromatic rings. The fraction of sp³-hybridized carbons (Fsp3) is 0.919. The molecule has 2 spiro atoms. The second-order valence-corrected chi connectivity index (χ2v) is 17.4. The number of rotatable bonds is 13. The summed E-state index contributed by atoms with van der Waals surface area (Å²) < 4.78 is 23.1. The van der Waals surface area contributed by atoms with Crippen LogP contribution in [-0.2, 0) is 33.3 Å². The first-order chi connectivity index (χ1) is 21.4. The van der Waals surface area contributed by atoms with Crippen molar-refractivity contribution in [1.29, 1.82) is 0 Å². The molecule has 5 fully saturated rings. The third-order valence-corrected chi connectivity index (χ3v) is 14.8. The molecule has 0 heterocycles. The van der Waals surface area contributed by atoms with E-state index in [2.05, 4.69) is 34.6 Å². The Morgan fingerprint density at radius 2 is 1.67 bits per heavy atom. The molecular weight excluding hydrogens is 588 g/mol. The van der Waals surface area contributed by atoms with Gasteiger partial charge in [-0.3, -0.25) is 9.59 Å². The van der Waals surface area contributed by atoms with Crippen molar-refractivity contribution in [2.75, 3.05) is 13.7 Å². The monoisotopic (exact) mass is 648 g/mol. The highest BCUT2D eigenvalue weighted by Crippen LogP contribution is 2.89. The molecule has 5 saturated carbocycles. The lowest BCUT2D eigenvalue weighted by molar-refractivity contribution is -0.224. The van der Waals surface area contributed by atoms with E-state index < -0.39 is 36.2 Å². The van der Waals surface area contributed by atoms with Crippen LogP contribution in [0.1, 0.15) is 113 Å². The van der Waals surface area contributed by atoms with Gasteiger partial charge in [0.05, 0.1) is 23.9 Å². The van der Waals surface area contributed by atoms with E-state index in [4.69, 9.17) is 18.9 Å². The Balaban J connectivity index is 1.36. The van der Waals surface area contributed by atoms with Crippen molar-refractivity contribution < 1.29 is 43.5 Å². The number of hydrogen-bond acceptors (Lipinski definition) is 9. The van der Waals surface area contributed by atoms with Gasteiger partial charge in [0.1, 0.15) is 12.9 Å². The van der Waals surface area contributed by atoms with Crippen LogP contribution in [0.15, 0.2) is 0 Å². The summed E-state index contributed by atoms with van der Waals surface area (Å²) in [5, 5.41) is 23.0. The predicted molar refractivity (Wildman–Crippen MR) is 171 cm³/mol. The summed E-state index contributed by atoms with van der Waals surface area (Å²) in [5.74, 6) is 0.892. The maximum absolute atomic E-state index is 12.1. The van der Waals surface area contributed by atoms with Crippen LogP contribution < -0.4 is 0 Å². The molecule has 5 aliphatic rings. The van der Waals surface area contributed by atoms with E-state index >= 15 is 0 Å². The minimum Gasteiger partial charge on any atom is -0.457 e. The van der Waals surface area contributed by atoms with E-state index in [1.165, 1.54) is 13.3 Å². The number of aliphatic hydroxyl groups is 2. The van der Waals surface area contributed by atoms with Crippen molar-refractivity contribution in [2.45, 2.75) is 149 Å². The van der Waals surface area contributed by atoms with Gasteiger partial charge in [0.25, 0.3) is 0 Å². The summed E-state index contributed by atoms with van der Waals surface area (Å²) in [4.78, 5) is 34.5. The Labute approximate surface area is 275 Å². The Kier molecular flexibility index (Phi) is 9.51. The number of aldehydes is 2. The number of carbonyl (C=O) groups is 3. The van der Waals surface area contributed by atoms with Crippen molar-refractivity contribution in [3.8, 4) is 0 Å². The highest BCUT2D eigenvalue weighted by molar-refractivity contribution is 5.66. The molecule has 0 aromatic carbocycles. The van der Waals surface area contributed by atoms with Crippen LogP contribution in [-0.4, -0.2) is 78.8 Å². The van der Waals surface area contributed by atoms with Crippen LogP contribution >= 0.6 is 0 Å². The lowest BCUT2D eigenvalue weighted by atomic mass is 9.41. The van der Waals surface area contributed by atoms with Gasteiger partial charge in [-0.05, 0) is 117 Å². The molecule has 0 saturated heterocycles. The molecule has 2 N–H and O–H groups in total. The number of aliphatic hydroxyl groups excluding tert-OH is 1. The summed E-state index contributed by atoms with van der Waals surface area (Å²) in [5.41, 5.74) is -1.27. The van der Waals surface area contributed by atoms with Gasteiger partial charge in [0, 0.05) is 19.4 Å². The van der Waals surface area contributed by atoms with E-state index in [0.717, 1.165) is 44.9 Å². The van der Waals surface area contributed by atoms with Gasteiger partial charge in [0.15, 0.2) is 12.4 Å². The second kappa shape index (κ2) is 12.2. The SMILES string of the molecule is COC(C[C@@H](C)[C@H]1C[C@H](O)[C@@]2(C)C3CCC4C(C)(C)[C@@H](O[C@@H](C=O)OCC=O)CC[C@@]45CC35CC[C@]12C)[C@H](OC(C)=O)C(C)(C)O. The number of methoxy groups -OCH3 is 1. The standard InChI is InChI=1S/C37H60O9/c1-22(18-25(43-9)31(33(5,6)42)45-23(2)40)24-19-28(41)35(8)27-11-10-26-32(3,4)29(46-30(20-39)44-17-16-38)12-13-36(26)21-37(27,36)15-14-34(24,35)7/h16,20,22,24-31,41-42H,10-15,17-19,21H2,1-9H3/t22-,24-,25?,26?,27?,28+,29+,30+,31+,34-,35-,36-,37?/m1/s1. The Morgan fingerprint density at radius 3 is 2.26 bits per heavy atom. The molecule has 0 bridgehead atoms. The topological polar surface area (TPSA) is 129 Å². The van der Waals surface area contributed by atoms with Crippen molar-refractivity contribution in [1.82, 2.24) is 0 Å². The molecule has 4 unspecified atom stereocenters. The second-order valence-electron chi connectivity index (χ2n) is 17.4. The molecule has 5 aliphatic carbocycles. The fourth-order valence-corrected chi connectivity index (χ4v) is 12.6. The summed E-state index contributed by atoms with van der Waals surface area (Å²) in [6.07, 6.45) is 7.29. The van der Waals surface area contributed by atoms with Gasteiger partial charge in [-0.1, -0.05) is 34.6 Å². The molecule has 262 valence electrons. The van der Waals surface area contributed by atoms with Crippen LogP contribution in [0.2, 0.25) is 0 Å². The maximum Gasteiger partial charge on any atom is 0.303 e. The Hall–Kier alpha value is -1.39. The third kappa shape index (κ3) is 5.24.